The van der Waals surface area contributed by atoms with Gasteiger partial charge in [0, 0.05) is 18.8 Å². The molecule has 1 aliphatic heterocycles. The zero-order chi connectivity index (χ0) is 18.0. The van der Waals surface area contributed by atoms with Crippen LogP contribution in [0.5, 0.6) is 0 Å². The van der Waals surface area contributed by atoms with Crippen LogP contribution in [0.3, 0.4) is 0 Å². The van der Waals surface area contributed by atoms with Gasteiger partial charge in [-0.05, 0) is 70.2 Å². The van der Waals surface area contributed by atoms with E-state index < -0.39 is 5.60 Å². The van der Waals surface area contributed by atoms with Gasteiger partial charge < -0.3 is 5.11 Å². The maximum Gasteiger partial charge on any atom is 0.0662 e. The Morgan fingerprint density at radius 2 is 1.76 bits per heavy atom. The summed E-state index contributed by atoms with van der Waals surface area (Å²) in [5.74, 6) is 0.367. The number of piperidine rings is 1. The van der Waals surface area contributed by atoms with E-state index in [1.165, 1.54) is 23.2 Å². The lowest BCUT2D eigenvalue weighted by atomic mass is 9.84. The highest BCUT2D eigenvalue weighted by Gasteiger charge is 2.31. The van der Waals surface area contributed by atoms with Crippen LogP contribution >= 0.6 is 0 Å². The van der Waals surface area contributed by atoms with Crippen LogP contribution < -0.4 is 0 Å². The third-order valence-corrected chi connectivity index (χ3v) is 5.37. The van der Waals surface area contributed by atoms with Crippen LogP contribution in [-0.2, 0) is 13.1 Å². The van der Waals surface area contributed by atoms with Crippen molar-refractivity contribution in [2.24, 2.45) is 5.92 Å². The molecular formula is C21H31N3O. The Kier molecular flexibility index (Phi) is 5.30. The molecule has 0 bridgehead atoms. The third-order valence-electron chi connectivity index (χ3n) is 5.37. The van der Waals surface area contributed by atoms with Gasteiger partial charge in [-0.25, -0.2) is 0 Å². The number of rotatable bonds is 5. The number of aromatic nitrogens is 2. The fourth-order valence-corrected chi connectivity index (χ4v) is 3.79. The van der Waals surface area contributed by atoms with Crippen LogP contribution in [0.15, 0.2) is 30.3 Å². The van der Waals surface area contributed by atoms with E-state index in [1.807, 2.05) is 20.8 Å². The molecule has 4 heteroatoms. The van der Waals surface area contributed by atoms with Crippen LogP contribution in [0.1, 0.15) is 49.2 Å². The lowest BCUT2D eigenvalue weighted by molar-refractivity contribution is -0.0198. The molecule has 1 aromatic carbocycles. The predicted octanol–water partition coefficient (Wildman–Crippen LogP) is 3.53. The number of aryl methyl sites for hydroxylation is 2. The van der Waals surface area contributed by atoms with Gasteiger partial charge in [0.1, 0.15) is 0 Å². The highest BCUT2D eigenvalue weighted by Crippen LogP contribution is 2.27. The van der Waals surface area contributed by atoms with Crippen LogP contribution in [0.2, 0.25) is 0 Å². The highest BCUT2D eigenvalue weighted by atomic mass is 16.3. The summed E-state index contributed by atoms with van der Waals surface area (Å²) >= 11 is 0. The minimum absolute atomic E-state index is 0.367. The van der Waals surface area contributed by atoms with Crippen molar-refractivity contribution >= 4 is 0 Å². The Bertz CT molecular complexity index is 697. The van der Waals surface area contributed by atoms with Crippen molar-refractivity contribution in [2.45, 2.75) is 59.2 Å². The Morgan fingerprint density at radius 3 is 2.32 bits per heavy atom. The van der Waals surface area contributed by atoms with Gasteiger partial charge in [0.2, 0.25) is 0 Å². The summed E-state index contributed by atoms with van der Waals surface area (Å²) in [5.41, 5.74) is 4.31. The van der Waals surface area contributed by atoms with Gasteiger partial charge in [0.25, 0.3) is 0 Å². The summed E-state index contributed by atoms with van der Waals surface area (Å²) in [4.78, 5) is 2.47. The fourth-order valence-electron chi connectivity index (χ4n) is 3.79. The molecule has 1 N–H and O–H groups in total. The first-order valence-corrected chi connectivity index (χ1v) is 9.35. The number of nitrogens with zero attached hydrogens (tertiary/aromatic N) is 3. The lowest BCUT2D eigenvalue weighted by Crippen LogP contribution is -2.44. The van der Waals surface area contributed by atoms with Gasteiger partial charge in [-0.1, -0.05) is 24.3 Å². The molecule has 4 nitrogen and oxygen atoms in total. The number of hydrogen-bond acceptors (Lipinski definition) is 3. The molecule has 0 radical (unpaired) electrons. The standard InChI is InChI=1S/C21H31N3O/c1-16-12-17(2)24(22-16)14-19-9-7-18(8-10-19)13-23-11-5-6-20(15-23)21(3,4)25/h7-10,12,20,25H,5-6,11,13-15H2,1-4H3/t20-/m1/s1. The van der Waals surface area contributed by atoms with E-state index in [2.05, 4.69) is 51.9 Å². The van der Waals surface area contributed by atoms with Crippen molar-refractivity contribution in [3.8, 4) is 0 Å². The van der Waals surface area contributed by atoms with Crippen LogP contribution in [0.4, 0.5) is 0 Å². The molecule has 2 aromatic rings. The molecule has 1 aromatic heterocycles. The summed E-state index contributed by atoms with van der Waals surface area (Å²) in [6.45, 7) is 11.9. The first kappa shape index (κ1) is 18.2. The molecule has 1 saturated heterocycles. The maximum absolute atomic E-state index is 10.3. The van der Waals surface area contributed by atoms with Crippen LogP contribution in [0.25, 0.3) is 0 Å². The van der Waals surface area contributed by atoms with Crippen LogP contribution in [0, 0.1) is 19.8 Å². The second-order valence-corrected chi connectivity index (χ2v) is 8.13. The number of benzene rings is 1. The quantitative estimate of drug-likeness (QED) is 0.904. The molecule has 0 spiro atoms. The van der Waals surface area contributed by atoms with Crippen molar-refractivity contribution in [1.82, 2.24) is 14.7 Å². The molecule has 1 atom stereocenters. The minimum Gasteiger partial charge on any atom is -0.390 e. The molecule has 1 aliphatic rings. The summed E-state index contributed by atoms with van der Waals surface area (Å²) in [6, 6.07) is 11.0. The molecule has 25 heavy (non-hydrogen) atoms. The van der Waals surface area contributed by atoms with Gasteiger partial charge in [0.15, 0.2) is 0 Å². The fraction of sp³-hybridized carbons (Fsp3) is 0.571. The van der Waals surface area contributed by atoms with E-state index >= 15 is 0 Å². The van der Waals surface area contributed by atoms with Gasteiger partial charge >= 0.3 is 0 Å². The maximum atomic E-state index is 10.3. The molecule has 1 fully saturated rings. The second-order valence-electron chi connectivity index (χ2n) is 8.13. The first-order valence-electron chi connectivity index (χ1n) is 9.35. The highest BCUT2D eigenvalue weighted by molar-refractivity contribution is 5.23. The van der Waals surface area contributed by atoms with Gasteiger partial charge in [0.05, 0.1) is 17.8 Å². The van der Waals surface area contributed by atoms with E-state index in [-0.39, 0.29) is 0 Å². The molecule has 0 unspecified atom stereocenters. The normalized spacial score (nSPS) is 19.3. The molecule has 3 rings (SSSR count). The smallest absolute Gasteiger partial charge is 0.0662 e. The van der Waals surface area contributed by atoms with Crippen molar-refractivity contribution in [1.29, 1.82) is 0 Å². The van der Waals surface area contributed by atoms with E-state index in [9.17, 15) is 5.11 Å². The van der Waals surface area contributed by atoms with Gasteiger partial charge in [-0.15, -0.1) is 0 Å². The molecule has 0 amide bonds. The molecular weight excluding hydrogens is 310 g/mol. The Morgan fingerprint density at radius 1 is 1.12 bits per heavy atom. The zero-order valence-corrected chi connectivity index (χ0v) is 16.0. The Hall–Kier alpha value is -1.65. The monoisotopic (exact) mass is 341 g/mol. The minimum atomic E-state index is -0.581. The molecule has 0 aliphatic carbocycles. The predicted molar refractivity (Wildman–Crippen MR) is 102 cm³/mol. The van der Waals surface area contributed by atoms with E-state index in [4.69, 9.17) is 0 Å². The average Bonchev–Trinajstić information content (AvgIpc) is 2.86. The number of aliphatic hydroxyl groups is 1. The first-order chi connectivity index (χ1) is 11.8. The lowest BCUT2D eigenvalue weighted by Gasteiger charge is -2.38. The Balaban J connectivity index is 1.60. The van der Waals surface area contributed by atoms with E-state index in [0.29, 0.717) is 5.92 Å². The SMILES string of the molecule is Cc1cc(C)n(Cc2ccc(CN3CCC[C@@H](C(C)(C)O)C3)cc2)n1. The summed E-state index contributed by atoms with van der Waals surface area (Å²) < 4.78 is 2.06. The molecule has 0 saturated carbocycles. The molecule has 136 valence electrons. The van der Waals surface area contributed by atoms with Gasteiger partial charge in [-0.2, -0.15) is 5.10 Å². The number of likely N-dealkylation sites (tertiary alicyclic amines) is 1. The van der Waals surface area contributed by atoms with E-state index in [0.717, 1.165) is 38.3 Å². The van der Waals surface area contributed by atoms with E-state index in [1.54, 1.807) is 0 Å². The Labute approximate surface area is 151 Å². The zero-order valence-electron chi connectivity index (χ0n) is 16.0. The third kappa shape index (κ3) is 4.71. The van der Waals surface area contributed by atoms with Crippen LogP contribution in [-0.4, -0.2) is 38.5 Å². The topological polar surface area (TPSA) is 41.3 Å². The summed E-state index contributed by atoms with van der Waals surface area (Å²) in [7, 11) is 0. The molecule has 2 heterocycles. The van der Waals surface area contributed by atoms with Crippen molar-refractivity contribution in [2.75, 3.05) is 13.1 Å². The number of hydrogen-bond donors (Lipinski definition) is 1. The summed E-state index contributed by atoms with van der Waals surface area (Å²) in [6.07, 6.45) is 2.30. The largest absolute Gasteiger partial charge is 0.390 e. The second kappa shape index (κ2) is 7.30. The average molecular weight is 341 g/mol. The summed E-state index contributed by atoms with van der Waals surface area (Å²) in [5, 5.41) is 14.8. The van der Waals surface area contributed by atoms with Crippen molar-refractivity contribution in [3.05, 3.63) is 52.8 Å². The van der Waals surface area contributed by atoms with Crippen molar-refractivity contribution < 1.29 is 5.11 Å². The van der Waals surface area contributed by atoms with Gasteiger partial charge in [-0.3, -0.25) is 9.58 Å². The van der Waals surface area contributed by atoms with Crippen molar-refractivity contribution in [3.63, 3.8) is 0 Å².